The van der Waals surface area contributed by atoms with Crippen LogP contribution in [0.1, 0.15) is 15.9 Å². The Hall–Kier alpha value is -1.09. The van der Waals surface area contributed by atoms with Crippen LogP contribution >= 0.6 is 11.6 Å². The molecule has 0 aliphatic carbocycles. The Bertz CT molecular complexity index is 327. The van der Waals surface area contributed by atoms with Gasteiger partial charge in [-0.05, 0) is 17.7 Å². The van der Waals surface area contributed by atoms with E-state index in [-0.39, 0.29) is 6.42 Å². The van der Waals surface area contributed by atoms with Crippen LogP contribution in [0.3, 0.4) is 0 Å². The van der Waals surface area contributed by atoms with Gasteiger partial charge in [-0.1, -0.05) is 17.7 Å². The van der Waals surface area contributed by atoms with Gasteiger partial charge >= 0.3 is 0 Å². The van der Waals surface area contributed by atoms with Gasteiger partial charge in [0.15, 0.2) is 0 Å². The van der Waals surface area contributed by atoms with Gasteiger partial charge in [-0.15, -0.1) is 0 Å². The summed E-state index contributed by atoms with van der Waals surface area (Å²) >= 11 is 5.78. The highest BCUT2D eigenvalue weighted by Crippen LogP contribution is 2.18. The van der Waals surface area contributed by atoms with Crippen LogP contribution < -0.4 is 5.73 Å². The van der Waals surface area contributed by atoms with Crippen LogP contribution in [0.2, 0.25) is 5.02 Å². The fourth-order valence-electron chi connectivity index (χ4n) is 1.01. The molecule has 1 aromatic carbocycles. The smallest absolute Gasteiger partial charge is 0.248 e. The zero-order valence-electron chi connectivity index (χ0n) is 6.89. The van der Waals surface area contributed by atoms with E-state index in [9.17, 15) is 9.18 Å². The standard InChI is InChI=1S/C9H9ClFNO/c10-8-5-7(9(12)13)2-1-6(8)3-4-11/h1-2,5H,3-4H2,(H2,12,13). The predicted octanol–water partition coefficient (Wildman–Crippen LogP) is 1.95. The molecule has 1 rings (SSSR count). The molecule has 0 saturated heterocycles. The van der Waals surface area contributed by atoms with Gasteiger partial charge < -0.3 is 5.73 Å². The molecule has 2 N–H and O–H groups in total. The summed E-state index contributed by atoms with van der Waals surface area (Å²) in [6.45, 7) is -0.463. The molecule has 0 spiro atoms. The van der Waals surface area contributed by atoms with E-state index in [1.54, 1.807) is 12.1 Å². The largest absolute Gasteiger partial charge is 0.366 e. The Balaban J connectivity index is 2.98. The number of benzene rings is 1. The maximum Gasteiger partial charge on any atom is 0.248 e. The van der Waals surface area contributed by atoms with E-state index < -0.39 is 12.6 Å². The van der Waals surface area contributed by atoms with Gasteiger partial charge in [-0.25, -0.2) is 0 Å². The van der Waals surface area contributed by atoms with Crippen molar-refractivity contribution in [2.75, 3.05) is 6.67 Å². The van der Waals surface area contributed by atoms with Crippen LogP contribution in [0.5, 0.6) is 0 Å². The molecule has 0 heterocycles. The molecular formula is C9H9ClFNO. The molecule has 0 unspecified atom stereocenters. The third-order valence-corrected chi connectivity index (χ3v) is 2.05. The highest BCUT2D eigenvalue weighted by Gasteiger charge is 2.04. The molecule has 0 bridgehead atoms. The minimum absolute atomic E-state index is 0.262. The maximum atomic E-state index is 12.0. The minimum Gasteiger partial charge on any atom is -0.366 e. The van der Waals surface area contributed by atoms with Crippen LogP contribution in [0, 0.1) is 0 Å². The van der Waals surface area contributed by atoms with Gasteiger partial charge in [-0.2, -0.15) is 0 Å². The van der Waals surface area contributed by atoms with E-state index in [1.807, 2.05) is 0 Å². The normalized spacial score (nSPS) is 10.0. The highest BCUT2D eigenvalue weighted by atomic mass is 35.5. The van der Waals surface area contributed by atoms with Crippen LogP contribution in [0.15, 0.2) is 18.2 Å². The van der Waals surface area contributed by atoms with E-state index in [0.29, 0.717) is 16.1 Å². The zero-order chi connectivity index (χ0) is 9.84. The summed E-state index contributed by atoms with van der Waals surface area (Å²) in [6, 6.07) is 4.61. The van der Waals surface area contributed by atoms with E-state index in [4.69, 9.17) is 17.3 Å². The molecule has 2 nitrogen and oxygen atoms in total. The molecule has 1 aromatic rings. The van der Waals surface area contributed by atoms with Gasteiger partial charge in [0.2, 0.25) is 5.91 Å². The molecule has 0 saturated carbocycles. The fourth-order valence-corrected chi connectivity index (χ4v) is 1.28. The van der Waals surface area contributed by atoms with Gasteiger partial charge in [0, 0.05) is 17.0 Å². The number of aryl methyl sites for hydroxylation is 1. The van der Waals surface area contributed by atoms with Crippen molar-refractivity contribution < 1.29 is 9.18 Å². The van der Waals surface area contributed by atoms with Crippen LogP contribution in [0.4, 0.5) is 4.39 Å². The number of amides is 1. The molecule has 4 heteroatoms. The average Bonchev–Trinajstić information content (AvgIpc) is 2.08. The van der Waals surface area contributed by atoms with Crippen molar-refractivity contribution in [1.29, 1.82) is 0 Å². The SMILES string of the molecule is NC(=O)c1ccc(CCF)c(Cl)c1. The zero-order valence-corrected chi connectivity index (χ0v) is 7.64. The predicted molar refractivity (Wildman–Crippen MR) is 49.6 cm³/mol. The summed E-state index contributed by atoms with van der Waals surface area (Å²) in [5.74, 6) is -0.534. The number of hydrogen-bond donors (Lipinski definition) is 1. The van der Waals surface area contributed by atoms with Gasteiger partial charge in [0.25, 0.3) is 0 Å². The van der Waals surface area contributed by atoms with E-state index >= 15 is 0 Å². The molecule has 13 heavy (non-hydrogen) atoms. The summed E-state index contributed by atoms with van der Waals surface area (Å²) in [6.07, 6.45) is 0.262. The topological polar surface area (TPSA) is 43.1 Å². The van der Waals surface area contributed by atoms with Crippen LogP contribution in [-0.4, -0.2) is 12.6 Å². The first-order valence-electron chi connectivity index (χ1n) is 3.79. The van der Waals surface area contributed by atoms with Gasteiger partial charge in [0.1, 0.15) is 0 Å². The number of primary amides is 1. The molecule has 0 aliphatic rings. The minimum atomic E-state index is -0.534. The quantitative estimate of drug-likeness (QED) is 0.798. The number of alkyl halides is 1. The third-order valence-electron chi connectivity index (χ3n) is 1.70. The van der Waals surface area contributed by atoms with Crippen molar-refractivity contribution in [3.63, 3.8) is 0 Å². The molecule has 70 valence electrons. The van der Waals surface area contributed by atoms with E-state index in [2.05, 4.69) is 0 Å². The lowest BCUT2D eigenvalue weighted by Gasteiger charge is -2.02. The lowest BCUT2D eigenvalue weighted by atomic mass is 10.1. The van der Waals surface area contributed by atoms with Crippen molar-refractivity contribution in [2.24, 2.45) is 5.73 Å². The van der Waals surface area contributed by atoms with Gasteiger partial charge in [-0.3, -0.25) is 9.18 Å². The van der Waals surface area contributed by atoms with E-state index in [0.717, 1.165) is 0 Å². The molecule has 0 atom stereocenters. The van der Waals surface area contributed by atoms with Crippen molar-refractivity contribution in [2.45, 2.75) is 6.42 Å². The molecule has 0 radical (unpaired) electrons. The number of hydrogen-bond acceptors (Lipinski definition) is 1. The summed E-state index contributed by atoms with van der Waals surface area (Å²) in [7, 11) is 0. The maximum absolute atomic E-state index is 12.0. The molecule has 0 aliphatic heterocycles. The van der Waals surface area contributed by atoms with E-state index in [1.165, 1.54) is 6.07 Å². The highest BCUT2D eigenvalue weighted by molar-refractivity contribution is 6.31. The number of carbonyl (C=O) groups excluding carboxylic acids is 1. The third kappa shape index (κ3) is 2.42. The second-order valence-electron chi connectivity index (χ2n) is 2.61. The van der Waals surface area contributed by atoms with Crippen molar-refractivity contribution >= 4 is 17.5 Å². The lowest BCUT2D eigenvalue weighted by Crippen LogP contribution is -2.10. The molecule has 0 aromatic heterocycles. The van der Waals surface area contributed by atoms with Crippen LogP contribution in [0.25, 0.3) is 0 Å². The summed E-state index contributed by atoms with van der Waals surface area (Å²) in [4.78, 5) is 10.7. The number of halogens is 2. The Morgan fingerprint density at radius 2 is 2.23 bits per heavy atom. The summed E-state index contributed by atoms with van der Waals surface area (Å²) in [5.41, 5.74) is 6.06. The second kappa shape index (κ2) is 4.23. The Morgan fingerprint density at radius 1 is 1.54 bits per heavy atom. The first-order chi connectivity index (χ1) is 6.15. The average molecular weight is 202 g/mol. The number of nitrogens with two attached hydrogens (primary N) is 1. The monoisotopic (exact) mass is 201 g/mol. The first-order valence-corrected chi connectivity index (χ1v) is 4.17. The number of rotatable bonds is 3. The number of carbonyl (C=O) groups is 1. The Morgan fingerprint density at radius 3 is 2.69 bits per heavy atom. The van der Waals surface area contributed by atoms with Crippen molar-refractivity contribution in [3.8, 4) is 0 Å². The summed E-state index contributed by atoms with van der Waals surface area (Å²) < 4.78 is 12.0. The fraction of sp³-hybridized carbons (Fsp3) is 0.222. The molecule has 0 fully saturated rings. The van der Waals surface area contributed by atoms with Gasteiger partial charge in [0.05, 0.1) is 6.67 Å². The Labute approximate surface area is 80.5 Å². The lowest BCUT2D eigenvalue weighted by molar-refractivity contribution is 0.100. The van der Waals surface area contributed by atoms with Crippen LogP contribution in [-0.2, 0) is 6.42 Å². The Kier molecular flexibility index (Phi) is 3.25. The van der Waals surface area contributed by atoms with Crippen molar-refractivity contribution in [3.05, 3.63) is 34.3 Å². The summed E-state index contributed by atoms with van der Waals surface area (Å²) in [5, 5.41) is 0.383. The first kappa shape index (κ1) is 9.99. The van der Waals surface area contributed by atoms with Crippen molar-refractivity contribution in [1.82, 2.24) is 0 Å². The molecule has 1 amide bonds. The second-order valence-corrected chi connectivity index (χ2v) is 3.02. The molecular weight excluding hydrogens is 193 g/mol.